The third-order valence-corrected chi connectivity index (χ3v) is 4.28. The summed E-state index contributed by atoms with van der Waals surface area (Å²) in [6.45, 7) is 2.27. The minimum Gasteiger partial charge on any atom is -0.469 e. The molecule has 0 saturated heterocycles. The fourth-order valence-corrected chi connectivity index (χ4v) is 2.67. The summed E-state index contributed by atoms with van der Waals surface area (Å²) in [6, 6.07) is 0. The molecule has 0 aliphatic carbocycles. The SMILES string of the molecule is CCCCCCCC=CCCCCC=CCCCCCC(=O)OC. The van der Waals surface area contributed by atoms with Crippen molar-refractivity contribution in [1.82, 2.24) is 0 Å². The van der Waals surface area contributed by atoms with Crippen molar-refractivity contribution in [2.75, 3.05) is 7.11 Å². The molecule has 0 spiro atoms. The Morgan fingerprint density at radius 2 is 1.08 bits per heavy atom. The van der Waals surface area contributed by atoms with E-state index in [0.717, 1.165) is 19.3 Å². The Labute approximate surface area is 150 Å². The van der Waals surface area contributed by atoms with Crippen molar-refractivity contribution in [2.45, 2.75) is 103 Å². The minimum absolute atomic E-state index is 0.0870. The van der Waals surface area contributed by atoms with Crippen molar-refractivity contribution in [3.63, 3.8) is 0 Å². The number of allylic oxidation sites excluding steroid dienone is 4. The Kier molecular flexibility index (Phi) is 19.1. The lowest BCUT2D eigenvalue weighted by Gasteiger charge is -1.98. The predicted molar refractivity (Wildman–Crippen MR) is 105 cm³/mol. The maximum absolute atomic E-state index is 10.9. The van der Waals surface area contributed by atoms with Gasteiger partial charge in [-0.2, -0.15) is 0 Å². The zero-order chi connectivity index (χ0) is 17.7. The average Bonchev–Trinajstić information content (AvgIpc) is 2.60. The summed E-state index contributed by atoms with van der Waals surface area (Å²) in [7, 11) is 1.45. The zero-order valence-electron chi connectivity index (χ0n) is 16.2. The molecular formula is C22H40O2. The van der Waals surface area contributed by atoms with Gasteiger partial charge in [0.05, 0.1) is 7.11 Å². The summed E-state index contributed by atoms with van der Waals surface area (Å²) in [5.41, 5.74) is 0. The van der Waals surface area contributed by atoms with E-state index in [4.69, 9.17) is 0 Å². The van der Waals surface area contributed by atoms with Gasteiger partial charge in [0, 0.05) is 6.42 Å². The highest BCUT2D eigenvalue weighted by atomic mass is 16.5. The molecule has 0 rings (SSSR count). The van der Waals surface area contributed by atoms with Gasteiger partial charge in [-0.25, -0.2) is 0 Å². The summed E-state index contributed by atoms with van der Waals surface area (Å²) in [4.78, 5) is 10.9. The van der Waals surface area contributed by atoms with Gasteiger partial charge in [-0.1, -0.05) is 63.3 Å². The Morgan fingerprint density at radius 3 is 1.54 bits per heavy atom. The van der Waals surface area contributed by atoms with Gasteiger partial charge < -0.3 is 4.74 Å². The largest absolute Gasteiger partial charge is 0.469 e. The van der Waals surface area contributed by atoms with Gasteiger partial charge in [0.25, 0.3) is 0 Å². The number of unbranched alkanes of at least 4 members (excludes halogenated alkanes) is 11. The molecule has 2 nitrogen and oxygen atoms in total. The smallest absolute Gasteiger partial charge is 0.305 e. The summed E-state index contributed by atoms with van der Waals surface area (Å²) in [5, 5.41) is 0. The first-order valence-electron chi connectivity index (χ1n) is 10.2. The average molecular weight is 337 g/mol. The second-order valence-electron chi connectivity index (χ2n) is 6.61. The third kappa shape index (κ3) is 19.0. The molecule has 0 atom stereocenters. The fraction of sp³-hybridized carbons (Fsp3) is 0.773. The van der Waals surface area contributed by atoms with E-state index in [0.29, 0.717) is 6.42 Å². The number of rotatable bonds is 17. The molecule has 0 aromatic rings. The second-order valence-corrected chi connectivity index (χ2v) is 6.61. The summed E-state index contributed by atoms with van der Waals surface area (Å²) < 4.78 is 4.63. The molecule has 0 aromatic carbocycles. The van der Waals surface area contributed by atoms with E-state index in [1.165, 1.54) is 77.7 Å². The number of hydrogen-bond acceptors (Lipinski definition) is 2. The van der Waals surface area contributed by atoms with Crippen LogP contribution in [-0.2, 0) is 9.53 Å². The molecule has 0 unspecified atom stereocenters. The van der Waals surface area contributed by atoms with Crippen LogP contribution < -0.4 is 0 Å². The highest BCUT2D eigenvalue weighted by Gasteiger charge is 1.97. The van der Waals surface area contributed by atoms with Crippen molar-refractivity contribution >= 4 is 5.97 Å². The molecule has 0 saturated carbocycles. The monoisotopic (exact) mass is 336 g/mol. The zero-order valence-corrected chi connectivity index (χ0v) is 16.2. The minimum atomic E-state index is -0.0870. The molecule has 2 heteroatoms. The van der Waals surface area contributed by atoms with Crippen molar-refractivity contribution in [3.05, 3.63) is 24.3 Å². The number of hydrogen-bond donors (Lipinski definition) is 0. The van der Waals surface area contributed by atoms with Crippen LogP contribution in [0.15, 0.2) is 24.3 Å². The van der Waals surface area contributed by atoms with Crippen LogP contribution in [0.4, 0.5) is 0 Å². The van der Waals surface area contributed by atoms with Crippen molar-refractivity contribution in [1.29, 1.82) is 0 Å². The van der Waals surface area contributed by atoms with Crippen LogP contribution in [-0.4, -0.2) is 13.1 Å². The van der Waals surface area contributed by atoms with E-state index in [9.17, 15) is 4.79 Å². The van der Waals surface area contributed by atoms with Gasteiger partial charge in [0.15, 0.2) is 0 Å². The van der Waals surface area contributed by atoms with Crippen LogP contribution in [0.2, 0.25) is 0 Å². The van der Waals surface area contributed by atoms with Crippen LogP contribution in [0, 0.1) is 0 Å². The van der Waals surface area contributed by atoms with Gasteiger partial charge in [-0.15, -0.1) is 0 Å². The van der Waals surface area contributed by atoms with Gasteiger partial charge >= 0.3 is 5.97 Å². The first-order valence-corrected chi connectivity index (χ1v) is 10.2. The van der Waals surface area contributed by atoms with Crippen LogP contribution >= 0.6 is 0 Å². The molecule has 0 fully saturated rings. The van der Waals surface area contributed by atoms with E-state index in [1.54, 1.807) is 0 Å². The van der Waals surface area contributed by atoms with E-state index in [-0.39, 0.29) is 5.97 Å². The Bertz CT molecular complexity index is 318. The lowest BCUT2D eigenvalue weighted by atomic mass is 10.1. The topological polar surface area (TPSA) is 26.3 Å². The highest BCUT2D eigenvalue weighted by molar-refractivity contribution is 5.68. The molecule has 140 valence electrons. The lowest BCUT2D eigenvalue weighted by molar-refractivity contribution is -0.140. The Balaban J connectivity index is 3.19. The molecule has 0 N–H and O–H groups in total. The number of carbonyl (C=O) groups is 1. The second kappa shape index (κ2) is 20.0. The van der Waals surface area contributed by atoms with Crippen LogP contribution in [0.25, 0.3) is 0 Å². The normalized spacial score (nSPS) is 11.6. The molecule has 0 radical (unpaired) electrons. The van der Waals surface area contributed by atoms with Crippen LogP contribution in [0.3, 0.4) is 0 Å². The van der Waals surface area contributed by atoms with Crippen LogP contribution in [0.1, 0.15) is 103 Å². The van der Waals surface area contributed by atoms with Crippen molar-refractivity contribution in [2.24, 2.45) is 0 Å². The van der Waals surface area contributed by atoms with Crippen LogP contribution in [0.5, 0.6) is 0 Å². The Hall–Kier alpha value is -1.05. The number of esters is 1. The molecule has 0 aliphatic rings. The molecule has 24 heavy (non-hydrogen) atoms. The van der Waals surface area contributed by atoms with E-state index < -0.39 is 0 Å². The standard InChI is InChI=1S/C22H40O2/c1-3-4-5-6-7-8-9-10-11-12-13-14-15-16-17-18-19-20-21-22(23)24-2/h9-10,15-16H,3-8,11-14,17-21H2,1-2H3. The molecule has 0 heterocycles. The predicted octanol–water partition coefficient (Wildman–Crippen LogP) is 7.14. The maximum atomic E-state index is 10.9. The van der Waals surface area contributed by atoms with Gasteiger partial charge in [0.2, 0.25) is 0 Å². The van der Waals surface area contributed by atoms with Crippen molar-refractivity contribution in [3.8, 4) is 0 Å². The quantitative estimate of drug-likeness (QED) is 0.160. The van der Waals surface area contributed by atoms with E-state index in [1.807, 2.05) is 0 Å². The lowest BCUT2D eigenvalue weighted by Crippen LogP contribution is -1.98. The molecule has 0 bridgehead atoms. The fourth-order valence-electron chi connectivity index (χ4n) is 2.67. The van der Waals surface area contributed by atoms with Gasteiger partial charge in [0.1, 0.15) is 0 Å². The highest BCUT2D eigenvalue weighted by Crippen LogP contribution is 2.08. The molecular weight excluding hydrogens is 296 g/mol. The third-order valence-electron chi connectivity index (χ3n) is 4.28. The molecule has 0 aliphatic heterocycles. The maximum Gasteiger partial charge on any atom is 0.305 e. The summed E-state index contributed by atoms with van der Waals surface area (Å²) in [5.74, 6) is -0.0870. The summed E-state index contributed by atoms with van der Waals surface area (Å²) >= 11 is 0. The van der Waals surface area contributed by atoms with E-state index in [2.05, 4.69) is 36.0 Å². The van der Waals surface area contributed by atoms with E-state index >= 15 is 0 Å². The first-order chi connectivity index (χ1) is 11.8. The Morgan fingerprint density at radius 1 is 0.667 bits per heavy atom. The molecule has 0 aromatic heterocycles. The molecule has 0 amide bonds. The van der Waals surface area contributed by atoms with Crippen molar-refractivity contribution < 1.29 is 9.53 Å². The van der Waals surface area contributed by atoms with Gasteiger partial charge in [-0.05, 0) is 57.8 Å². The number of methoxy groups -OCH3 is 1. The number of carbonyl (C=O) groups excluding carboxylic acids is 1. The first kappa shape index (κ1) is 22.9. The number of ether oxygens (including phenoxy) is 1. The van der Waals surface area contributed by atoms with Gasteiger partial charge in [-0.3, -0.25) is 4.79 Å². The summed E-state index contributed by atoms with van der Waals surface area (Å²) in [6.07, 6.45) is 27.5.